The van der Waals surface area contributed by atoms with Crippen molar-refractivity contribution in [2.75, 3.05) is 26.4 Å². The molecule has 2 aromatic carbocycles. The number of amides is 1. The van der Waals surface area contributed by atoms with Crippen molar-refractivity contribution < 1.29 is 19.0 Å². The zero-order valence-electron chi connectivity index (χ0n) is 15.7. The maximum absolute atomic E-state index is 11.9. The summed E-state index contributed by atoms with van der Waals surface area (Å²) in [5, 5.41) is 2.87. The van der Waals surface area contributed by atoms with Gasteiger partial charge in [0.05, 0.1) is 13.2 Å². The molecule has 0 bridgehead atoms. The molecule has 1 N–H and O–H groups in total. The van der Waals surface area contributed by atoms with Crippen LogP contribution in [0.15, 0.2) is 42.5 Å². The van der Waals surface area contributed by atoms with Gasteiger partial charge in [-0.2, -0.15) is 0 Å². The van der Waals surface area contributed by atoms with E-state index in [0.717, 1.165) is 22.6 Å². The van der Waals surface area contributed by atoms with Crippen LogP contribution in [0.25, 0.3) is 0 Å². The largest absolute Gasteiger partial charge is 0.490 e. The molecule has 0 aliphatic rings. The first-order valence-electron chi connectivity index (χ1n) is 8.97. The fourth-order valence-corrected chi connectivity index (χ4v) is 2.50. The van der Waals surface area contributed by atoms with Crippen LogP contribution in [0.4, 0.5) is 0 Å². The number of ether oxygens (including phenoxy) is 3. The number of benzene rings is 2. The average Bonchev–Trinajstić information content (AvgIpc) is 2.62. The molecule has 5 nitrogen and oxygen atoms in total. The van der Waals surface area contributed by atoms with Gasteiger partial charge in [-0.3, -0.25) is 4.79 Å². The molecule has 0 aliphatic heterocycles. The SMILES string of the molecule is CCOc1ccc(CCNC(=O)COc2cccc(C)c2)cc1OCC. The Balaban J connectivity index is 1.79. The summed E-state index contributed by atoms with van der Waals surface area (Å²) in [6.45, 7) is 7.59. The van der Waals surface area contributed by atoms with Crippen molar-refractivity contribution in [2.24, 2.45) is 0 Å². The van der Waals surface area contributed by atoms with Crippen LogP contribution in [0.1, 0.15) is 25.0 Å². The highest BCUT2D eigenvalue weighted by Crippen LogP contribution is 2.28. The van der Waals surface area contributed by atoms with Crippen LogP contribution in [0.3, 0.4) is 0 Å². The van der Waals surface area contributed by atoms with Crippen LogP contribution in [0.2, 0.25) is 0 Å². The maximum Gasteiger partial charge on any atom is 0.257 e. The van der Waals surface area contributed by atoms with Crippen molar-refractivity contribution in [3.8, 4) is 17.2 Å². The fraction of sp³-hybridized carbons (Fsp3) is 0.381. The van der Waals surface area contributed by atoms with Gasteiger partial charge in [-0.15, -0.1) is 0 Å². The Morgan fingerprint density at radius 2 is 1.73 bits per heavy atom. The minimum Gasteiger partial charge on any atom is -0.490 e. The van der Waals surface area contributed by atoms with Gasteiger partial charge in [0, 0.05) is 6.54 Å². The number of nitrogens with one attached hydrogen (secondary N) is 1. The normalized spacial score (nSPS) is 10.3. The van der Waals surface area contributed by atoms with Gasteiger partial charge in [-0.05, 0) is 62.6 Å². The lowest BCUT2D eigenvalue weighted by molar-refractivity contribution is -0.123. The second-order valence-corrected chi connectivity index (χ2v) is 5.85. The van der Waals surface area contributed by atoms with E-state index in [2.05, 4.69) is 5.32 Å². The molecule has 0 saturated heterocycles. The highest BCUT2D eigenvalue weighted by Gasteiger charge is 2.07. The summed E-state index contributed by atoms with van der Waals surface area (Å²) in [5.41, 5.74) is 2.18. The molecule has 0 spiro atoms. The molecule has 0 saturated carbocycles. The molecule has 0 heterocycles. The van der Waals surface area contributed by atoms with Crippen LogP contribution in [0, 0.1) is 6.92 Å². The second kappa shape index (κ2) is 10.3. The summed E-state index contributed by atoms with van der Waals surface area (Å²) in [6, 6.07) is 13.5. The topological polar surface area (TPSA) is 56.8 Å². The molecule has 0 aromatic heterocycles. The van der Waals surface area contributed by atoms with Gasteiger partial charge in [0.2, 0.25) is 0 Å². The standard InChI is InChI=1S/C21H27NO4/c1-4-24-19-10-9-17(14-20(19)25-5-2)11-12-22-21(23)15-26-18-8-6-7-16(3)13-18/h6-10,13-14H,4-5,11-12,15H2,1-3H3,(H,22,23). The van der Waals surface area contributed by atoms with Crippen molar-refractivity contribution in [3.63, 3.8) is 0 Å². The molecule has 0 unspecified atom stereocenters. The van der Waals surface area contributed by atoms with E-state index in [9.17, 15) is 4.79 Å². The third-order valence-electron chi connectivity index (χ3n) is 3.70. The number of hydrogen-bond acceptors (Lipinski definition) is 4. The smallest absolute Gasteiger partial charge is 0.257 e. The molecule has 5 heteroatoms. The number of carbonyl (C=O) groups is 1. The van der Waals surface area contributed by atoms with E-state index in [1.54, 1.807) is 0 Å². The molecule has 140 valence electrons. The van der Waals surface area contributed by atoms with E-state index >= 15 is 0 Å². The van der Waals surface area contributed by atoms with Crippen molar-refractivity contribution in [1.82, 2.24) is 5.32 Å². The third kappa shape index (κ3) is 6.31. The van der Waals surface area contributed by atoms with Crippen molar-refractivity contribution in [1.29, 1.82) is 0 Å². The summed E-state index contributed by atoms with van der Waals surface area (Å²) >= 11 is 0. The van der Waals surface area contributed by atoms with Crippen LogP contribution >= 0.6 is 0 Å². The second-order valence-electron chi connectivity index (χ2n) is 5.85. The van der Waals surface area contributed by atoms with E-state index in [1.165, 1.54) is 0 Å². The Morgan fingerprint density at radius 3 is 2.46 bits per heavy atom. The van der Waals surface area contributed by atoms with Gasteiger partial charge < -0.3 is 19.5 Å². The minimum absolute atomic E-state index is 0.0108. The summed E-state index contributed by atoms with van der Waals surface area (Å²) in [5.74, 6) is 2.05. The van der Waals surface area contributed by atoms with Crippen LogP contribution in [-0.4, -0.2) is 32.3 Å². The predicted octanol–water partition coefficient (Wildman–Crippen LogP) is 3.53. The Bertz CT molecular complexity index is 715. The molecule has 0 atom stereocenters. The number of hydrogen-bond donors (Lipinski definition) is 1. The van der Waals surface area contributed by atoms with E-state index in [1.807, 2.05) is 63.2 Å². The Kier molecular flexibility index (Phi) is 7.80. The zero-order valence-corrected chi connectivity index (χ0v) is 15.7. The zero-order chi connectivity index (χ0) is 18.8. The lowest BCUT2D eigenvalue weighted by Gasteiger charge is -2.13. The third-order valence-corrected chi connectivity index (χ3v) is 3.70. The monoisotopic (exact) mass is 357 g/mol. The number of carbonyl (C=O) groups excluding carboxylic acids is 1. The van der Waals surface area contributed by atoms with Crippen LogP contribution < -0.4 is 19.5 Å². The highest BCUT2D eigenvalue weighted by molar-refractivity contribution is 5.77. The van der Waals surface area contributed by atoms with Crippen molar-refractivity contribution >= 4 is 5.91 Å². The lowest BCUT2D eigenvalue weighted by atomic mass is 10.1. The van der Waals surface area contributed by atoms with Crippen LogP contribution in [0.5, 0.6) is 17.2 Å². The molecule has 0 radical (unpaired) electrons. The number of aryl methyl sites for hydroxylation is 1. The van der Waals surface area contributed by atoms with E-state index in [4.69, 9.17) is 14.2 Å². The first-order valence-corrected chi connectivity index (χ1v) is 8.97. The van der Waals surface area contributed by atoms with Gasteiger partial charge in [0.15, 0.2) is 18.1 Å². The summed E-state index contributed by atoms with van der Waals surface area (Å²) in [4.78, 5) is 11.9. The minimum atomic E-state index is -0.137. The fourth-order valence-electron chi connectivity index (χ4n) is 2.50. The molecule has 1 amide bonds. The van der Waals surface area contributed by atoms with E-state index in [-0.39, 0.29) is 12.5 Å². The van der Waals surface area contributed by atoms with Crippen LogP contribution in [-0.2, 0) is 11.2 Å². The van der Waals surface area contributed by atoms with Crippen molar-refractivity contribution in [2.45, 2.75) is 27.2 Å². The molecule has 0 aliphatic carbocycles. The first-order chi connectivity index (χ1) is 12.6. The molecule has 2 aromatic rings. The highest BCUT2D eigenvalue weighted by atomic mass is 16.5. The Labute approximate surface area is 155 Å². The first kappa shape index (κ1) is 19.6. The van der Waals surface area contributed by atoms with Gasteiger partial charge in [-0.1, -0.05) is 18.2 Å². The molecule has 0 fully saturated rings. The van der Waals surface area contributed by atoms with Gasteiger partial charge in [-0.25, -0.2) is 0 Å². The van der Waals surface area contributed by atoms with Gasteiger partial charge >= 0.3 is 0 Å². The van der Waals surface area contributed by atoms with E-state index in [0.29, 0.717) is 31.9 Å². The Morgan fingerprint density at radius 1 is 0.962 bits per heavy atom. The maximum atomic E-state index is 11.9. The number of rotatable bonds is 10. The molecular formula is C21H27NO4. The Hall–Kier alpha value is -2.69. The van der Waals surface area contributed by atoms with E-state index < -0.39 is 0 Å². The predicted molar refractivity (Wildman–Crippen MR) is 102 cm³/mol. The summed E-state index contributed by atoms with van der Waals surface area (Å²) in [7, 11) is 0. The lowest BCUT2D eigenvalue weighted by Crippen LogP contribution is -2.30. The summed E-state index contributed by atoms with van der Waals surface area (Å²) in [6.07, 6.45) is 0.711. The quantitative estimate of drug-likeness (QED) is 0.707. The average molecular weight is 357 g/mol. The molecule has 2 rings (SSSR count). The molecular weight excluding hydrogens is 330 g/mol. The molecule has 26 heavy (non-hydrogen) atoms. The van der Waals surface area contributed by atoms with Gasteiger partial charge in [0.1, 0.15) is 5.75 Å². The van der Waals surface area contributed by atoms with Crippen molar-refractivity contribution in [3.05, 3.63) is 53.6 Å². The van der Waals surface area contributed by atoms with Gasteiger partial charge in [0.25, 0.3) is 5.91 Å². The summed E-state index contributed by atoms with van der Waals surface area (Å²) < 4.78 is 16.7.